The Balaban J connectivity index is 2.60. The van der Waals surface area contributed by atoms with Crippen molar-refractivity contribution in [1.29, 1.82) is 0 Å². The molecule has 0 aliphatic rings. The van der Waals surface area contributed by atoms with Gasteiger partial charge in [-0.3, -0.25) is 4.55 Å². The van der Waals surface area contributed by atoms with Crippen molar-refractivity contribution in [2.45, 2.75) is 4.75 Å². The molecule has 0 radical (unpaired) electrons. The molecule has 0 bridgehead atoms. The van der Waals surface area contributed by atoms with Gasteiger partial charge in [0.05, 0.1) is 15.1 Å². The van der Waals surface area contributed by atoms with Crippen LogP contribution in [0.15, 0.2) is 54.6 Å². The first-order valence-electron chi connectivity index (χ1n) is 7.90. The van der Waals surface area contributed by atoms with Crippen LogP contribution in [0.25, 0.3) is 0 Å². The molecule has 1 atom stereocenters. The summed E-state index contributed by atoms with van der Waals surface area (Å²) in [5.41, 5.74) is -0.279. The number of aromatic hydroxyl groups is 2. The van der Waals surface area contributed by atoms with Crippen LogP contribution in [0.4, 0.5) is 0 Å². The van der Waals surface area contributed by atoms with Gasteiger partial charge in [0, 0.05) is 5.56 Å². The highest BCUT2D eigenvalue weighted by Gasteiger charge is 2.50. The lowest BCUT2D eigenvalue weighted by molar-refractivity contribution is 0.444. The van der Waals surface area contributed by atoms with E-state index >= 15 is 0 Å². The van der Waals surface area contributed by atoms with Gasteiger partial charge >= 0.3 is 0 Å². The molecule has 0 saturated carbocycles. The third-order valence-electron chi connectivity index (χ3n) is 4.43. The summed E-state index contributed by atoms with van der Waals surface area (Å²) in [7, 11) is -5.04. The third-order valence-corrected chi connectivity index (χ3v) is 7.39. The van der Waals surface area contributed by atoms with Crippen molar-refractivity contribution in [3.8, 4) is 11.5 Å². The summed E-state index contributed by atoms with van der Waals surface area (Å²) in [5, 5.41) is 19.6. The van der Waals surface area contributed by atoms with Gasteiger partial charge in [-0.15, -0.1) is 0 Å². The molecular weight excluding hydrogens is 482 g/mol. The van der Waals surface area contributed by atoms with Gasteiger partial charge in [-0.1, -0.05) is 82.8 Å². The van der Waals surface area contributed by atoms with E-state index in [1.165, 1.54) is 30.3 Å². The van der Waals surface area contributed by atoms with Gasteiger partial charge in [-0.25, -0.2) is 0 Å². The second-order valence-corrected chi connectivity index (χ2v) is 9.20. The zero-order valence-electron chi connectivity index (χ0n) is 14.3. The Morgan fingerprint density at radius 3 is 1.93 bits per heavy atom. The molecule has 0 aromatic heterocycles. The monoisotopic (exact) mass is 492 g/mol. The van der Waals surface area contributed by atoms with Gasteiger partial charge < -0.3 is 10.2 Å². The molecular formula is C19H12Cl4O5S. The Kier molecular flexibility index (Phi) is 5.98. The van der Waals surface area contributed by atoms with E-state index in [2.05, 4.69) is 0 Å². The largest absolute Gasteiger partial charge is 0.506 e. The Morgan fingerprint density at radius 2 is 1.38 bits per heavy atom. The first-order valence-corrected chi connectivity index (χ1v) is 10.9. The van der Waals surface area contributed by atoms with Gasteiger partial charge in [0.15, 0.2) is 10.5 Å². The lowest BCUT2D eigenvalue weighted by Gasteiger charge is -2.33. The quantitative estimate of drug-likeness (QED) is 0.311. The van der Waals surface area contributed by atoms with E-state index in [1.54, 1.807) is 18.2 Å². The highest BCUT2D eigenvalue weighted by atomic mass is 35.5. The molecule has 3 aromatic rings. The second-order valence-electron chi connectivity index (χ2n) is 6.07. The smallest absolute Gasteiger partial charge is 0.283 e. The minimum Gasteiger partial charge on any atom is -0.506 e. The zero-order chi connectivity index (χ0) is 21.6. The van der Waals surface area contributed by atoms with Crippen molar-refractivity contribution in [3.63, 3.8) is 0 Å². The summed E-state index contributed by atoms with van der Waals surface area (Å²) in [6.45, 7) is 0. The number of phenols is 2. The van der Waals surface area contributed by atoms with Crippen molar-refractivity contribution in [1.82, 2.24) is 0 Å². The van der Waals surface area contributed by atoms with Crippen LogP contribution in [0, 0.1) is 0 Å². The molecule has 3 N–H and O–H groups in total. The van der Waals surface area contributed by atoms with E-state index < -0.39 is 36.4 Å². The highest BCUT2D eigenvalue weighted by molar-refractivity contribution is 7.87. The SMILES string of the molecule is O=S(=O)(O)C(c1ccccc1)(c1ccc(Cl)c(Cl)c1)c1cc(O)c(Cl)c(O)c1Cl. The van der Waals surface area contributed by atoms with Gasteiger partial charge in [-0.2, -0.15) is 8.42 Å². The summed E-state index contributed by atoms with van der Waals surface area (Å²) in [4.78, 5) is 0. The highest BCUT2D eigenvalue weighted by Crippen LogP contribution is 2.52. The van der Waals surface area contributed by atoms with Crippen LogP contribution in [-0.4, -0.2) is 23.2 Å². The molecule has 10 heteroatoms. The molecule has 0 aliphatic heterocycles. The molecule has 3 aromatic carbocycles. The van der Waals surface area contributed by atoms with E-state index in [0.717, 1.165) is 6.07 Å². The number of hydrogen-bond acceptors (Lipinski definition) is 4. The van der Waals surface area contributed by atoms with Crippen molar-refractivity contribution in [2.24, 2.45) is 0 Å². The minimum atomic E-state index is -5.04. The molecule has 0 heterocycles. The van der Waals surface area contributed by atoms with Crippen LogP contribution < -0.4 is 0 Å². The summed E-state index contributed by atoms with van der Waals surface area (Å²) in [5.74, 6) is -1.38. The van der Waals surface area contributed by atoms with Crippen LogP contribution in [-0.2, 0) is 14.9 Å². The molecule has 0 saturated heterocycles. The summed E-state index contributed by atoms with van der Waals surface area (Å²) in [6.07, 6.45) is 0. The van der Waals surface area contributed by atoms with Crippen molar-refractivity contribution < 1.29 is 23.2 Å². The maximum absolute atomic E-state index is 12.9. The number of benzene rings is 3. The molecule has 3 rings (SSSR count). The van der Waals surface area contributed by atoms with Crippen molar-refractivity contribution in [2.75, 3.05) is 0 Å². The normalized spacial score (nSPS) is 13.8. The molecule has 1 unspecified atom stereocenters. The average Bonchev–Trinajstić information content (AvgIpc) is 2.67. The average molecular weight is 494 g/mol. The van der Waals surface area contributed by atoms with Gasteiger partial charge in [0.2, 0.25) is 0 Å². The fourth-order valence-corrected chi connectivity index (χ4v) is 5.31. The van der Waals surface area contributed by atoms with Crippen molar-refractivity contribution >= 4 is 56.5 Å². The Labute approximate surface area is 186 Å². The summed E-state index contributed by atoms with van der Waals surface area (Å²) >= 11 is 24.2. The summed E-state index contributed by atoms with van der Waals surface area (Å²) in [6, 6.07) is 12.5. The minimum absolute atomic E-state index is 0.0200. The lowest BCUT2D eigenvalue weighted by Crippen LogP contribution is -2.38. The predicted molar refractivity (Wildman–Crippen MR) is 114 cm³/mol. The van der Waals surface area contributed by atoms with E-state index in [-0.39, 0.29) is 26.7 Å². The molecule has 152 valence electrons. The number of halogens is 4. The van der Waals surface area contributed by atoms with Crippen LogP contribution >= 0.6 is 46.4 Å². The second kappa shape index (κ2) is 7.87. The maximum Gasteiger partial charge on any atom is 0.283 e. The molecule has 29 heavy (non-hydrogen) atoms. The lowest BCUT2D eigenvalue weighted by atomic mass is 9.83. The topological polar surface area (TPSA) is 94.8 Å². The molecule has 0 spiro atoms. The number of phenolic OH excluding ortho intramolecular Hbond substituents is 2. The van der Waals surface area contributed by atoms with E-state index in [4.69, 9.17) is 46.4 Å². The van der Waals surface area contributed by atoms with Crippen LogP contribution in [0.1, 0.15) is 16.7 Å². The van der Waals surface area contributed by atoms with Crippen molar-refractivity contribution in [3.05, 3.63) is 91.4 Å². The van der Waals surface area contributed by atoms with Crippen LogP contribution in [0.5, 0.6) is 11.5 Å². The van der Waals surface area contributed by atoms with Gasteiger partial charge in [-0.05, 0) is 29.3 Å². The Morgan fingerprint density at radius 1 is 0.759 bits per heavy atom. The molecule has 0 amide bonds. The first-order chi connectivity index (χ1) is 13.5. The maximum atomic E-state index is 12.9. The molecule has 0 fully saturated rings. The fraction of sp³-hybridized carbons (Fsp3) is 0.0526. The molecule has 5 nitrogen and oxygen atoms in total. The van der Waals surface area contributed by atoms with E-state index in [1.807, 2.05) is 0 Å². The van der Waals surface area contributed by atoms with Crippen LogP contribution in [0.2, 0.25) is 20.1 Å². The van der Waals surface area contributed by atoms with E-state index in [0.29, 0.717) is 0 Å². The number of hydrogen-bond donors (Lipinski definition) is 3. The third kappa shape index (κ3) is 3.54. The number of rotatable bonds is 4. The van der Waals surface area contributed by atoms with Gasteiger partial charge in [0.25, 0.3) is 10.1 Å². The summed E-state index contributed by atoms with van der Waals surface area (Å²) < 4.78 is 34.0. The molecule has 0 aliphatic carbocycles. The van der Waals surface area contributed by atoms with E-state index in [9.17, 15) is 23.2 Å². The fourth-order valence-electron chi connectivity index (χ4n) is 3.17. The standard InChI is InChI=1S/C19H12Cl4O5S/c20-13-7-6-11(8-14(13)21)19(29(26,27)28,10-4-2-1-3-5-10)12-9-15(24)17(23)18(25)16(12)22/h1-9,24-25H,(H,26,27,28). The Hall–Kier alpha value is -1.67. The van der Waals surface area contributed by atoms with Gasteiger partial charge in [0.1, 0.15) is 10.8 Å². The Bertz CT molecular complexity index is 1200. The first kappa shape index (κ1) is 22.0. The predicted octanol–water partition coefficient (Wildman–Crippen LogP) is 5.89. The van der Waals surface area contributed by atoms with Crippen LogP contribution in [0.3, 0.4) is 0 Å². The zero-order valence-corrected chi connectivity index (χ0v) is 18.1.